The van der Waals surface area contributed by atoms with E-state index in [0.717, 1.165) is 18.5 Å². The van der Waals surface area contributed by atoms with Crippen LogP contribution in [0.2, 0.25) is 0 Å². The zero-order valence-corrected chi connectivity index (χ0v) is 14.2. The maximum Gasteiger partial charge on any atom is 0.292 e. The van der Waals surface area contributed by atoms with Crippen molar-refractivity contribution in [1.82, 2.24) is 20.3 Å². The fraction of sp³-hybridized carbons (Fsp3) is 0.625. The monoisotopic (exact) mass is 334 g/mol. The number of carbonyl (C=O) groups is 1. The molecule has 3 heterocycles. The molecule has 8 heteroatoms. The summed E-state index contributed by atoms with van der Waals surface area (Å²) in [7, 11) is 0. The van der Waals surface area contributed by atoms with Crippen molar-refractivity contribution < 1.29 is 18.5 Å². The van der Waals surface area contributed by atoms with Gasteiger partial charge in [0.2, 0.25) is 17.5 Å². The molecule has 0 spiro atoms. The highest BCUT2D eigenvalue weighted by molar-refractivity contribution is 5.91. The summed E-state index contributed by atoms with van der Waals surface area (Å²) < 4.78 is 16.3. The number of amides is 1. The van der Waals surface area contributed by atoms with Crippen LogP contribution in [0.4, 0.5) is 0 Å². The Labute approximate surface area is 140 Å². The van der Waals surface area contributed by atoms with Gasteiger partial charge < -0.3 is 18.6 Å². The van der Waals surface area contributed by atoms with Gasteiger partial charge in [0.1, 0.15) is 0 Å². The molecular formula is C16H22N4O4. The Bertz CT molecular complexity index is 692. The Kier molecular flexibility index (Phi) is 4.94. The van der Waals surface area contributed by atoms with Crippen LogP contribution in [0.25, 0.3) is 0 Å². The number of carbonyl (C=O) groups excluding carboxylic acids is 1. The van der Waals surface area contributed by atoms with E-state index in [0.29, 0.717) is 37.4 Å². The molecule has 1 fully saturated rings. The second kappa shape index (κ2) is 7.12. The van der Waals surface area contributed by atoms with Gasteiger partial charge >= 0.3 is 0 Å². The van der Waals surface area contributed by atoms with Gasteiger partial charge in [0.15, 0.2) is 6.10 Å². The third-order valence-electron chi connectivity index (χ3n) is 4.31. The van der Waals surface area contributed by atoms with E-state index in [4.69, 9.17) is 13.7 Å². The summed E-state index contributed by atoms with van der Waals surface area (Å²) in [5.74, 6) is 1.25. The van der Waals surface area contributed by atoms with Gasteiger partial charge in [0, 0.05) is 25.5 Å². The number of ether oxygens (including phenoxy) is 1. The van der Waals surface area contributed by atoms with Gasteiger partial charge in [-0.15, -0.1) is 10.2 Å². The molecule has 0 saturated carbocycles. The minimum absolute atomic E-state index is 0.191. The van der Waals surface area contributed by atoms with Crippen LogP contribution < -0.4 is 0 Å². The molecule has 2 aromatic heterocycles. The first-order chi connectivity index (χ1) is 11.6. The quantitative estimate of drug-likeness (QED) is 0.829. The summed E-state index contributed by atoms with van der Waals surface area (Å²) in [4.78, 5) is 14.3. The Balaban J connectivity index is 1.70. The second-order valence-corrected chi connectivity index (χ2v) is 5.90. The van der Waals surface area contributed by atoms with Gasteiger partial charge in [0.25, 0.3) is 5.91 Å². The van der Waals surface area contributed by atoms with E-state index in [9.17, 15) is 4.79 Å². The third-order valence-corrected chi connectivity index (χ3v) is 4.31. The molecule has 1 aliphatic rings. The molecule has 3 rings (SSSR count). The molecule has 0 aliphatic carbocycles. The van der Waals surface area contributed by atoms with E-state index in [1.807, 2.05) is 0 Å². The first kappa shape index (κ1) is 16.6. The molecular weight excluding hydrogens is 312 g/mol. The zero-order chi connectivity index (χ0) is 17.1. The summed E-state index contributed by atoms with van der Waals surface area (Å²) in [5.41, 5.74) is 0.834. The number of hydrogen-bond donors (Lipinski definition) is 0. The smallest absolute Gasteiger partial charge is 0.292 e. The Morgan fingerprint density at radius 2 is 2.17 bits per heavy atom. The Hall–Kier alpha value is -2.22. The van der Waals surface area contributed by atoms with Crippen molar-refractivity contribution >= 4 is 5.91 Å². The number of aryl methyl sites for hydroxylation is 1. The average molecular weight is 334 g/mol. The van der Waals surface area contributed by atoms with E-state index < -0.39 is 6.10 Å². The van der Waals surface area contributed by atoms with Crippen LogP contribution >= 0.6 is 0 Å². The van der Waals surface area contributed by atoms with E-state index in [-0.39, 0.29) is 11.7 Å². The minimum atomic E-state index is -0.412. The van der Waals surface area contributed by atoms with Gasteiger partial charge in [-0.1, -0.05) is 19.0 Å². The molecule has 0 unspecified atom stereocenters. The topological polar surface area (TPSA) is 94.5 Å². The third kappa shape index (κ3) is 3.33. The molecule has 1 amide bonds. The van der Waals surface area contributed by atoms with Crippen molar-refractivity contribution in [2.24, 2.45) is 0 Å². The molecule has 1 aliphatic heterocycles. The largest absolute Gasteiger partial charge is 0.423 e. The molecule has 0 N–H and O–H groups in total. The Morgan fingerprint density at radius 1 is 1.38 bits per heavy atom. The van der Waals surface area contributed by atoms with E-state index in [1.165, 1.54) is 0 Å². The van der Waals surface area contributed by atoms with Crippen LogP contribution in [-0.2, 0) is 4.74 Å². The number of rotatable bonds is 5. The molecule has 2 aromatic rings. The number of hydrogen-bond acceptors (Lipinski definition) is 7. The molecule has 1 saturated heterocycles. The SMILES string of the molecule is CCC(CC)c1cc(C(=O)N2CCO[C@@H](c3nnc(C)o3)C2)on1. The van der Waals surface area contributed by atoms with Crippen molar-refractivity contribution in [3.8, 4) is 0 Å². The van der Waals surface area contributed by atoms with Gasteiger partial charge in [-0.05, 0) is 12.8 Å². The number of aromatic nitrogens is 3. The molecule has 130 valence electrons. The Morgan fingerprint density at radius 3 is 2.83 bits per heavy atom. The van der Waals surface area contributed by atoms with Crippen molar-refractivity contribution in [3.05, 3.63) is 29.3 Å². The van der Waals surface area contributed by atoms with Crippen LogP contribution in [0.1, 0.15) is 66.7 Å². The zero-order valence-electron chi connectivity index (χ0n) is 14.2. The van der Waals surface area contributed by atoms with E-state index >= 15 is 0 Å². The van der Waals surface area contributed by atoms with Crippen molar-refractivity contribution in [3.63, 3.8) is 0 Å². The van der Waals surface area contributed by atoms with Crippen LogP contribution in [0.5, 0.6) is 0 Å². The first-order valence-electron chi connectivity index (χ1n) is 8.29. The minimum Gasteiger partial charge on any atom is -0.423 e. The summed E-state index contributed by atoms with van der Waals surface area (Å²) >= 11 is 0. The summed E-state index contributed by atoms with van der Waals surface area (Å²) in [6.07, 6.45) is 1.52. The highest BCUT2D eigenvalue weighted by atomic mass is 16.5. The van der Waals surface area contributed by atoms with Crippen LogP contribution in [0.15, 0.2) is 15.0 Å². The van der Waals surface area contributed by atoms with Crippen molar-refractivity contribution in [2.75, 3.05) is 19.7 Å². The number of nitrogens with zero attached hydrogens (tertiary/aromatic N) is 4. The average Bonchev–Trinajstić information content (AvgIpc) is 3.25. The molecule has 0 radical (unpaired) electrons. The predicted molar refractivity (Wildman–Crippen MR) is 83.5 cm³/mol. The van der Waals surface area contributed by atoms with Crippen LogP contribution in [0.3, 0.4) is 0 Å². The number of morpholine rings is 1. The van der Waals surface area contributed by atoms with E-state index in [2.05, 4.69) is 29.2 Å². The highest BCUT2D eigenvalue weighted by Crippen LogP contribution is 2.25. The standard InChI is InChI=1S/C16H22N4O4/c1-4-11(5-2)12-8-13(24-19-12)16(21)20-6-7-22-14(9-20)15-18-17-10(3)23-15/h8,11,14H,4-7,9H2,1-3H3/t14-/m1/s1. The fourth-order valence-electron chi connectivity index (χ4n) is 2.87. The van der Waals surface area contributed by atoms with Crippen molar-refractivity contribution in [2.45, 2.75) is 45.6 Å². The lowest BCUT2D eigenvalue weighted by atomic mass is 9.99. The molecule has 24 heavy (non-hydrogen) atoms. The summed E-state index contributed by atoms with van der Waals surface area (Å²) in [6.45, 7) is 7.17. The van der Waals surface area contributed by atoms with Gasteiger partial charge in [-0.3, -0.25) is 4.79 Å². The molecule has 0 bridgehead atoms. The maximum absolute atomic E-state index is 12.7. The first-order valence-corrected chi connectivity index (χ1v) is 8.29. The van der Waals surface area contributed by atoms with Gasteiger partial charge in [-0.25, -0.2) is 0 Å². The fourth-order valence-corrected chi connectivity index (χ4v) is 2.87. The van der Waals surface area contributed by atoms with E-state index in [1.54, 1.807) is 17.9 Å². The highest BCUT2D eigenvalue weighted by Gasteiger charge is 2.31. The maximum atomic E-state index is 12.7. The lowest BCUT2D eigenvalue weighted by Gasteiger charge is -2.30. The lowest BCUT2D eigenvalue weighted by Crippen LogP contribution is -2.42. The van der Waals surface area contributed by atoms with Gasteiger partial charge in [0.05, 0.1) is 18.8 Å². The normalized spacial score (nSPS) is 18.3. The van der Waals surface area contributed by atoms with Crippen molar-refractivity contribution in [1.29, 1.82) is 0 Å². The predicted octanol–water partition coefficient (Wildman–Crippen LogP) is 2.48. The van der Waals surface area contributed by atoms with Crippen LogP contribution in [-0.4, -0.2) is 45.9 Å². The lowest BCUT2D eigenvalue weighted by molar-refractivity contribution is -0.0359. The molecule has 0 aromatic carbocycles. The summed E-state index contributed by atoms with van der Waals surface area (Å²) in [5, 5.41) is 11.8. The second-order valence-electron chi connectivity index (χ2n) is 5.90. The molecule has 8 nitrogen and oxygen atoms in total. The molecule has 1 atom stereocenters. The summed E-state index contributed by atoms with van der Waals surface area (Å²) in [6, 6.07) is 1.75. The van der Waals surface area contributed by atoms with Gasteiger partial charge in [-0.2, -0.15) is 0 Å². The van der Waals surface area contributed by atoms with Crippen LogP contribution in [0, 0.1) is 6.92 Å².